The molecule has 5 rings (SSSR count). The van der Waals surface area contributed by atoms with Crippen LogP contribution in [0, 0.1) is 11.7 Å². The Morgan fingerprint density at radius 3 is 2.70 bits per heavy atom. The average Bonchev–Trinajstić information content (AvgIpc) is 3.53. The summed E-state index contributed by atoms with van der Waals surface area (Å²) in [5.74, 6) is -0.629. The molecule has 2 aliphatic rings. The third-order valence-electron chi connectivity index (χ3n) is 6.01. The molecule has 1 saturated heterocycles. The van der Waals surface area contributed by atoms with Crippen LogP contribution in [-0.4, -0.2) is 38.9 Å². The molecule has 11 heteroatoms. The van der Waals surface area contributed by atoms with Gasteiger partial charge in [-0.1, -0.05) is 11.6 Å². The number of rotatable bonds is 6. The number of hydrogen-bond donors (Lipinski definition) is 1. The van der Waals surface area contributed by atoms with E-state index in [2.05, 4.69) is 14.6 Å². The molecule has 172 valence electrons. The quantitative estimate of drug-likeness (QED) is 0.543. The van der Waals surface area contributed by atoms with E-state index in [1.807, 2.05) is 0 Å². The zero-order valence-corrected chi connectivity index (χ0v) is 19.8. The molecular weight excluding hydrogens is 487 g/mol. The molecule has 1 amide bonds. The number of anilines is 3. The average molecular weight is 507 g/mol. The summed E-state index contributed by atoms with van der Waals surface area (Å²) in [6.07, 6.45) is 2.86. The number of sulfonamides is 1. The Kier molecular flexibility index (Phi) is 5.75. The van der Waals surface area contributed by atoms with E-state index in [4.69, 9.17) is 11.6 Å². The maximum absolute atomic E-state index is 13.7. The van der Waals surface area contributed by atoms with Gasteiger partial charge in [0.1, 0.15) is 5.82 Å². The first-order valence-corrected chi connectivity index (χ1v) is 13.1. The molecule has 1 unspecified atom stereocenters. The highest BCUT2D eigenvalue weighted by molar-refractivity contribution is 7.93. The second kappa shape index (κ2) is 8.58. The van der Waals surface area contributed by atoms with Crippen LogP contribution >= 0.6 is 22.9 Å². The second-order valence-electron chi connectivity index (χ2n) is 7.97. The zero-order valence-electron chi connectivity index (χ0n) is 17.4. The fourth-order valence-electron chi connectivity index (χ4n) is 4.36. The van der Waals surface area contributed by atoms with Gasteiger partial charge in [-0.05, 0) is 54.8 Å². The highest BCUT2D eigenvalue weighted by Gasteiger charge is 2.35. The number of carbonyl (C=O) groups excluding carboxylic acids is 1. The number of thiazole rings is 1. The molecule has 2 aliphatic heterocycles. The first-order chi connectivity index (χ1) is 15.8. The number of carbonyl (C=O) groups is 1. The molecule has 33 heavy (non-hydrogen) atoms. The maximum atomic E-state index is 13.7. The minimum atomic E-state index is -3.75. The smallest absolute Gasteiger partial charge is 0.263 e. The lowest BCUT2D eigenvalue weighted by atomic mass is 10.1. The van der Waals surface area contributed by atoms with Crippen molar-refractivity contribution in [2.24, 2.45) is 5.92 Å². The highest BCUT2D eigenvalue weighted by atomic mass is 35.5. The van der Waals surface area contributed by atoms with Crippen LogP contribution < -0.4 is 14.5 Å². The highest BCUT2D eigenvalue weighted by Crippen LogP contribution is 2.37. The van der Waals surface area contributed by atoms with Crippen LogP contribution in [0.4, 0.5) is 20.9 Å². The first kappa shape index (κ1) is 22.1. The number of hydrogen-bond acceptors (Lipinski definition) is 6. The molecule has 7 nitrogen and oxygen atoms in total. The van der Waals surface area contributed by atoms with Gasteiger partial charge in [-0.2, -0.15) is 0 Å². The normalized spacial score (nSPS) is 18.1. The van der Waals surface area contributed by atoms with Crippen molar-refractivity contribution in [1.29, 1.82) is 0 Å². The van der Waals surface area contributed by atoms with Gasteiger partial charge in [0.25, 0.3) is 10.0 Å². The molecule has 3 heterocycles. The van der Waals surface area contributed by atoms with Crippen molar-refractivity contribution in [2.45, 2.75) is 17.7 Å². The second-order valence-corrected chi connectivity index (χ2v) is 10.9. The summed E-state index contributed by atoms with van der Waals surface area (Å²) in [6.45, 7) is 1.78. The zero-order chi connectivity index (χ0) is 23.2. The maximum Gasteiger partial charge on any atom is 0.263 e. The minimum Gasteiger partial charge on any atom is -0.370 e. The van der Waals surface area contributed by atoms with Gasteiger partial charge >= 0.3 is 0 Å². The van der Waals surface area contributed by atoms with E-state index in [1.54, 1.807) is 28.5 Å². The van der Waals surface area contributed by atoms with Gasteiger partial charge in [-0.15, -0.1) is 11.3 Å². The van der Waals surface area contributed by atoms with Crippen molar-refractivity contribution >= 4 is 55.4 Å². The van der Waals surface area contributed by atoms with Gasteiger partial charge in [0.2, 0.25) is 5.91 Å². The molecule has 0 radical (unpaired) electrons. The number of aromatic nitrogens is 1. The lowest BCUT2D eigenvalue weighted by Crippen LogP contribution is -2.34. The molecule has 1 fully saturated rings. The van der Waals surface area contributed by atoms with E-state index in [0.29, 0.717) is 43.3 Å². The summed E-state index contributed by atoms with van der Waals surface area (Å²) < 4.78 is 41.2. The monoisotopic (exact) mass is 506 g/mol. The number of fused-ring (bicyclic) bond motifs is 1. The van der Waals surface area contributed by atoms with Gasteiger partial charge in [0.15, 0.2) is 5.13 Å². The molecule has 1 atom stereocenters. The molecule has 1 N–H and O–H groups in total. The van der Waals surface area contributed by atoms with Crippen LogP contribution in [0.2, 0.25) is 5.02 Å². The van der Waals surface area contributed by atoms with E-state index >= 15 is 0 Å². The number of amides is 1. The Morgan fingerprint density at radius 2 is 1.97 bits per heavy atom. The Morgan fingerprint density at radius 1 is 1.18 bits per heavy atom. The molecule has 0 bridgehead atoms. The lowest BCUT2D eigenvalue weighted by molar-refractivity contribution is -0.120. The Balaban J connectivity index is 1.27. The van der Waals surface area contributed by atoms with E-state index < -0.39 is 15.8 Å². The summed E-state index contributed by atoms with van der Waals surface area (Å²) in [6, 6.07) is 9.34. The fraction of sp³-hybridized carbons (Fsp3) is 0.273. The fourth-order valence-corrected chi connectivity index (χ4v) is 6.40. The number of benzene rings is 2. The predicted molar refractivity (Wildman–Crippen MR) is 127 cm³/mol. The molecule has 0 saturated carbocycles. The Hall–Kier alpha value is -2.69. The molecule has 0 aliphatic carbocycles. The van der Waals surface area contributed by atoms with Crippen molar-refractivity contribution in [3.63, 3.8) is 0 Å². The van der Waals surface area contributed by atoms with Crippen LogP contribution in [0.25, 0.3) is 0 Å². The summed E-state index contributed by atoms with van der Waals surface area (Å²) in [5, 5.41) is 2.14. The first-order valence-electron chi connectivity index (χ1n) is 10.4. The number of halogens is 2. The van der Waals surface area contributed by atoms with Crippen LogP contribution in [-0.2, 0) is 21.2 Å². The van der Waals surface area contributed by atoms with Crippen LogP contribution in [0.15, 0.2) is 52.9 Å². The van der Waals surface area contributed by atoms with Crippen LogP contribution in [0.1, 0.15) is 12.0 Å². The van der Waals surface area contributed by atoms with Crippen molar-refractivity contribution in [3.8, 4) is 0 Å². The van der Waals surface area contributed by atoms with Gasteiger partial charge in [-0.25, -0.2) is 17.8 Å². The topological polar surface area (TPSA) is 82.6 Å². The number of nitrogens with one attached hydrogen (secondary N) is 1. The van der Waals surface area contributed by atoms with Gasteiger partial charge in [0, 0.05) is 42.6 Å². The summed E-state index contributed by atoms with van der Waals surface area (Å²) in [7, 11) is -3.75. The molecule has 1 aromatic heterocycles. The molecular formula is C22H20ClFN4O3S2. The SMILES string of the molecule is O=C1C(CN2CCc3c2ccc(F)c3Cl)CCN1c1ccc(S(=O)(=O)Nc2nccs2)cc1. The third-order valence-corrected chi connectivity index (χ3v) is 8.59. The largest absolute Gasteiger partial charge is 0.370 e. The standard InChI is InChI=1S/C22H20ClFN4O3S2/c23-20-17-8-10-27(19(17)6-5-18(20)24)13-14-7-11-28(21(14)29)15-1-3-16(4-2-15)33(30,31)26-22-25-9-12-32-22/h1-6,9,12,14H,7-8,10-11,13H2,(H,25,26). The molecule has 2 aromatic carbocycles. The van der Waals surface area contributed by atoms with Gasteiger partial charge in [-0.3, -0.25) is 9.52 Å². The van der Waals surface area contributed by atoms with Crippen LogP contribution in [0.3, 0.4) is 0 Å². The summed E-state index contributed by atoms with van der Waals surface area (Å²) >= 11 is 7.30. The van der Waals surface area contributed by atoms with Crippen molar-refractivity contribution in [3.05, 3.63) is 64.4 Å². The third kappa shape index (κ3) is 4.18. The van der Waals surface area contributed by atoms with Crippen molar-refractivity contribution < 1.29 is 17.6 Å². The number of nitrogens with zero attached hydrogens (tertiary/aromatic N) is 3. The Bertz CT molecular complexity index is 1300. The van der Waals surface area contributed by atoms with Crippen molar-refractivity contribution in [1.82, 2.24) is 4.98 Å². The summed E-state index contributed by atoms with van der Waals surface area (Å²) in [4.78, 5) is 20.9. The van der Waals surface area contributed by atoms with Gasteiger partial charge in [0.05, 0.1) is 15.8 Å². The minimum absolute atomic E-state index is 0.00632. The van der Waals surface area contributed by atoms with E-state index in [9.17, 15) is 17.6 Å². The van der Waals surface area contributed by atoms with Crippen LogP contribution in [0.5, 0.6) is 0 Å². The van der Waals surface area contributed by atoms with E-state index in [-0.39, 0.29) is 21.7 Å². The van der Waals surface area contributed by atoms with Crippen molar-refractivity contribution in [2.75, 3.05) is 34.2 Å². The Labute approximate surface area is 199 Å². The molecule has 0 spiro atoms. The predicted octanol–water partition coefficient (Wildman–Crippen LogP) is 4.15. The van der Waals surface area contributed by atoms with Gasteiger partial charge < -0.3 is 9.80 Å². The lowest BCUT2D eigenvalue weighted by Gasteiger charge is -2.23. The molecule has 3 aromatic rings. The summed E-state index contributed by atoms with van der Waals surface area (Å²) in [5.41, 5.74) is 2.33. The van der Waals surface area contributed by atoms with E-state index in [0.717, 1.165) is 11.3 Å². The van der Waals surface area contributed by atoms with E-state index in [1.165, 1.54) is 35.7 Å².